The summed E-state index contributed by atoms with van der Waals surface area (Å²) in [4.78, 5) is 18.4. The van der Waals surface area contributed by atoms with Gasteiger partial charge in [-0.2, -0.15) is 0 Å². The summed E-state index contributed by atoms with van der Waals surface area (Å²) < 4.78 is 13.6. The van der Waals surface area contributed by atoms with Crippen LogP contribution in [0, 0.1) is 5.41 Å². The second-order valence-corrected chi connectivity index (χ2v) is 20.4. The predicted molar refractivity (Wildman–Crippen MR) is 251 cm³/mol. The predicted octanol–water partition coefficient (Wildman–Crippen LogP) is 14.1. The van der Waals surface area contributed by atoms with Crippen LogP contribution in [0.2, 0.25) is 0 Å². The van der Waals surface area contributed by atoms with Crippen molar-refractivity contribution in [3.05, 3.63) is 140 Å². The van der Waals surface area contributed by atoms with E-state index in [1.54, 1.807) is 0 Å². The largest absolute Gasteiger partial charge is 0.461 e. The number of thiophene rings is 3. The van der Waals surface area contributed by atoms with Gasteiger partial charge in [0.1, 0.15) is 6.61 Å². The summed E-state index contributed by atoms with van der Waals surface area (Å²) in [5, 5.41) is 7.98. The third kappa shape index (κ3) is 7.63. The van der Waals surface area contributed by atoms with E-state index in [1.165, 1.54) is 81.3 Å². The van der Waals surface area contributed by atoms with Crippen molar-refractivity contribution in [3.8, 4) is 0 Å². The number of esters is 1. The van der Waals surface area contributed by atoms with Gasteiger partial charge in [-0.1, -0.05) is 97.6 Å². The first-order chi connectivity index (χ1) is 27.5. The molecule has 0 saturated heterocycles. The number of carbonyl (C=O) groups excluding carboxylic acids is 1. The zero-order valence-corrected chi connectivity index (χ0v) is 35.8. The van der Waals surface area contributed by atoms with Crippen LogP contribution in [0.25, 0.3) is 60.5 Å². The van der Waals surface area contributed by atoms with Crippen LogP contribution < -0.4 is 0 Å². The highest BCUT2D eigenvalue weighted by molar-refractivity contribution is 8.01. The Morgan fingerprint density at radius 2 is 0.964 bits per heavy atom. The molecular weight excluding hydrogens is 803 g/mol. The molecule has 56 heavy (non-hydrogen) atoms. The summed E-state index contributed by atoms with van der Waals surface area (Å²) in [6.07, 6.45) is 1.24. The summed E-state index contributed by atoms with van der Waals surface area (Å²) in [7, 11) is 2.17. The minimum Gasteiger partial charge on any atom is -0.461 e. The number of ether oxygens (including phenoxy) is 1. The maximum Gasteiger partial charge on any atom is 0.330 e. The van der Waals surface area contributed by atoms with Crippen LogP contribution in [-0.2, 0) is 9.53 Å². The van der Waals surface area contributed by atoms with E-state index >= 15 is 0 Å². The second kappa shape index (κ2) is 16.6. The Bertz CT molecular complexity index is 2590. The molecule has 9 rings (SSSR count). The molecule has 0 amide bonds. The molecule has 280 valence electrons. The topological polar surface area (TPSA) is 29.5 Å². The van der Waals surface area contributed by atoms with Crippen molar-refractivity contribution < 1.29 is 9.53 Å². The van der Waals surface area contributed by atoms with Gasteiger partial charge in [0, 0.05) is 117 Å². The van der Waals surface area contributed by atoms with Crippen molar-refractivity contribution in [1.82, 2.24) is 4.90 Å². The van der Waals surface area contributed by atoms with E-state index in [2.05, 4.69) is 146 Å². The van der Waals surface area contributed by atoms with Crippen LogP contribution >= 0.6 is 69.3 Å². The highest BCUT2D eigenvalue weighted by atomic mass is 32.2. The molecule has 0 radical (unpaired) electrons. The average molecular weight is 842 g/mol. The molecule has 0 aliphatic carbocycles. The summed E-state index contributed by atoms with van der Waals surface area (Å²) in [5.41, 5.74) is -0.131. The van der Waals surface area contributed by atoms with Crippen molar-refractivity contribution in [1.29, 1.82) is 0 Å². The van der Waals surface area contributed by atoms with E-state index in [0.29, 0.717) is 13.2 Å². The summed E-state index contributed by atoms with van der Waals surface area (Å²) >= 11 is 11.7. The molecule has 9 aromatic rings. The molecule has 3 aromatic heterocycles. The lowest BCUT2D eigenvalue weighted by atomic mass is 9.95. The average Bonchev–Trinajstić information content (AvgIpc) is 3.93. The van der Waals surface area contributed by atoms with Gasteiger partial charge in [-0.05, 0) is 43.4 Å². The molecular formula is C47H39NO2S6. The van der Waals surface area contributed by atoms with Crippen molar-refractivity contribution in [3.63, 3.8) is 0 Å². The molecule has 0 spiro atoms. The molecule has 0 atom stereocenters. The van der Waals surface area contributed by atoms with Crippen molar-refractivity contribution >= 4 is 136 Å². The fourth-order valence-corrected chi connectivity index (χ4v) is 15.6. The number of hydrogen-bond acceptors (Lipinski definition) is 9. The number of fused-ring (bicyclic) bond motifs is 9. The molecule has 0 aliphatic heterocycles. The van der Waals surface area contributed by atoms with Crippen LogP contribution in [0.1, 0.15) is 0 Å². The molecule has 3 nitrogen and oxygen atoms in total. The summed E-state index contributed by atoms with van der Waals surface area (Å²) in [5.74, 6) is 2.42. The van der Waals surface area contributed by atoms with Gasteiger partial charge in [-0.25, -0.2) is 4.79 Å². The Morgan fingerprint density at radius 1 is 0.589 bits per heavy atom. The second-order valence-electron chi connectivity index (χ2n) is 14.2. The Balaban J connectivity index is 1.10. The van der Waals surface area contributed by atoms with E-state index in [9.17, 15) is 4.79 Å². The van der Waals surface area contributed by atoms with Gasteiger partial charge in [0.2, 0.25) is 0 Å². The highest BCUT2D eigenvalue weighted by Gasteiger charge is 2.34. The molecule has 0 saturated carbocycles. The van der Waals surface area contributed by atoms with Crippen molar-refractivity contribution in [2.24, 2.45) is 5.41 Å². The van der Waals surface area contributed by atoms with Crippen LogP contribution in [0.5, 0.6) is 0 Å². The highest BCUT2D eigenvalue weighted by Crippen LogP contribution is 2.47. The molecule has 3 heterocycles. The number of likely N-dealkylation sites (N-methyl/N-ethyl adjacent to an activating group) is 1. The molecule has 9 heteroatoms. The quantitative estimate of drug-likeness (QED) is 0.0580. The summed E-state index contributed by atoms with van der Waals surface area (Å²) in [6.45, 7) is 5.41. The lowest BCUT2D eigenvalue weighted by Crippen LogP contribution is -2.43. The Kier molecular flexibility index (Phi) is 11.2. The van der Waals surface area contributed by atoms with Gasteiger partial charge >= 0.3 is 5.97 Å². The standard InChI is InChI=1S/C47H39NO2S6/c1-3-43(49)50-26-25-48(2)27-47(28-51-40-22-10-16-34-31-13-4-7-19-37(31)54-44(34)40,29-52-41-23-11-17-35-32-14-5-8-20-38(32)55-45(35)41)30-53-42-24-12-18-36-33-15-6-9-21-39(33)56-46(36)42/h3-24H,1,25-30H2,2H3. The lowest BCUT2D eigenvalue weighted by molar-refractivity contribution is -0.138. The minimum atomic E-state index is -0.379. The van der Waals surface area contributed by atoms with Gasteiger partial charge in [0.05, 0.1) is 0 Å². The lowest BCUT2D eigenvalue weighted by Gasteiger charge is -2.37. The number of nitrogens with zero attached hydrogens (tertiary/aromatic N) is 1. The van der Waals surface area contributed by atoms with Crippen LogP contribution in [-0.4, -0.2) is 54.9 Å². The van der Waals surface area contributed by atoms with Crippen molar-refractivity contribution in [2.75, 3.05) is 44.0 Å². The normalized spacial score (nSPS) is 12.2. The number of benzene rings is 6. The van der Waals surface area contributed by atoms with E-state index in [4.69, 9.17) is 4.74 Å². The van der Waals surface area contributed by atoms with E-state index in [0.717, 1.165) is 23.8 Å². The monoisotopic (exact) mass is 841 g/mol. The zero-order valence-electron chi connectivity index (χ0n) is 30.9. The van der Waals surface area contributed by atoms with Crippen LogP contribution in [0.4, 0.5) is 0 Å². The van der Waals surface area contributed by atoms with Gasteiger partial charge in [0.15, 0.2) is 0 Å². The van der Waals surface area contributed by atoms with Gasteiger partial charge in [-0.15, -0.1) is 69.3 Å². The van der Waals surface area contributed by atoms with Crippen LogP contribution in [0.15, 0.2) is 155 Å². The first-order valence-corrected chi connectivity index (χ1v) is 24.0. The van der Waals surface area contributed by atoms with Gasteiger partial charge in [0.25, 0.3) is 0 Å². The molecule has 0 aliphatic rings. The van der Waals surface area contributed by atoms with E-state index in [1.807, 2.05) is 69.3 Å². The molecule has 0 N–H and O–H groups in total. The minimum absolute atomic E-state index is 0.131. The molecule has 0 bridgehead atoms. The van der Waals surface area contributed by atoms with Crippen molar-refractivity contribution in [2.45, 2.75) is 14.7 Å². The van der Waals surface area contributed by atoms with Gasteiger partial charge < -0.3 is 9.64 Å². The Hall–Kier alpha value is -3.80. The first-order valence-electron chi connectivity index (χ1n) is 18.6. The first kappa shape index (κ1) is 37.8. The molecule has 6 aromatic carbocycles. The fraction of sp³-hybridized carbons (Fsp3) is 0.170. The number of thioether (sulfide) groups is 3. The number of hydrogen-bond donors (Lipinski definition) is 0. The summed E-state index contributed by atoms with van der Waals surface area (Å²) in [6, 6.07) is 46.7. The maximum absolute atomic E-state index is 12.0. The maximum atomic E-state index is 12.0. The number of rotatable bonds is 15. The SMILES string of the molecule is C=CC(=O)OCCN(C)CC(CSc1cccc2c1sc1ccccc12)(CSc1cccc2c1sc1ccccc12)CSc1cccc2c1sc1ccccc12. The molecule has 0 fully saturated rings. The van der Waals surface area contributed by atoms with Gasteiger partial charge in [-0.3, -0.25) is 0 Å². The van der Waals surface area contributed by atoms with E-state index < -0.39 is 0 Å². The van der Waals surface area contributed by atoms with Crippen LogP contribution in [0.3, 0.4) is 0 Å². The third-order valence-corrected chi connectivity index (χ3v) is 18.5. The fourth-order valence-electron chi connectivity index (χ4n) is 7.47. The third-order valence-electron chi connectivity index (χ3n) is 10.2. The molecule has 0 unspecified atom stereocenters. The number of carbonyl (C=O) groups is 1. The zero-order chi connectivity index (χ0) is 38.1. The smallest absolute Gasteiger partial charge is 0.330 e. The van der Waals surface area contributed by atoms with E-state index in [-0.39, 0.29) is 11.4 Å². The Labute approximate surface area is 351 Å². The Morgan fingerprint density at radius 3 is 1.36 bits per heavy atom.